The molecule has 1 aromatic carbocycles. The molecule has 3 aromatic rings. The second-order valence-electron chi connectivity index (χ2n) is 7.25. The van der Waals surface area contributed by atoms with Crippen LogP contribution in [0.4, 0.5) is 0 Å². The quantitative estimate of drug-likeness (QED) is 0.719. The molecular weight excluding hydrogens is 370 g/mol. The predicted octanol–water partition coefficient (Wildman–Crippen LogP) is 2.54. The maximum atomic E-state index is 13.4. The van der Waals surface area contributed by atoms with Crippen LogP contribution < -0.4 is 0 Å². The van der Waals surface area contributed by atoms with Gasteiger partial charge in [0.05, 0.1) is 17.9 Å². The van der Waals surface area contributed by atoms with Crippen molar-refractivity contribution in [3.63, 3.8) is 0 Å². The van der Waals surface area contributed by atoms with Crippen LogP contribution in [-0.2, 0) is 4.79 Å². The van der Waals surface area contributed by atoms with Crippen LogP contribution >= 0.6 is 0 Å². The third kappa shape index (κ3) is 3.65. The third-order valence-corrected chi connectivity index (χ3v) is 5.54. The lowest BCUT2D eigenvalue weighted by Crippen LogP contribution is -2.43. The Balaban J connectivity index is 1.50. The minimum Gasteiger partial charge on any atom is -0.478 e. The molecule has 8 nitrogen and oxygen atoms in total. The van der Waals surface area contributed by atoms with Gasteiger partial charge in [-0.1, -0.05) is 30.3 Å². The van der Waals surface area contributed by atoms with Gasteiger partial charge in [-0.05, 0) is 31.4 Å². The smallest absolute Gasteiger partial charge is 0.339 e. The summed E-state index contributed by atoms with van der Waals surface area (Å²) < 4.78 is 3.48. The number of likely N-dealkylation sites (tertiary alicyclic amines) is 1. The fraction of sp³-hybridized carbons (Fsp3) is 0.333. The zero-order valence-electron chi connectivity index (χ0n) is 16.2. The number of hydrogen-bond acceptors (Lipinski definition) is 4. The molecule has 0 bridgehead atoms. The molecule has 0 radical (unpaired) electrons. The number of rotatable bonds is 5. The lowest BCUT2D eigenvalue weighted by atomic mass is 10.0. The van der Waals surface area contributed by atoms with Crippen LogP contribution in [0.3, 0.4) is 0 Å². The Kier molecular flexibility index (Phi) is 5.16. The highest BCUT2D eigenvalue weighted by molar-refractivity contribution is 5.88. The molecule has 8 heteroatoms. The summed E-state index contributed by atoms with van der Waals surface area (Å²) in [6.45, 7) is 2.96. The van der Waals surface area contributed by atoms with Crippen molar-refractivity contribution in [3.8, 4) is 0 Å². The number of aromatic nitrogens is 4. The van der Waals surface area contributed by atoms with Crippen molar-refractivity contribution in [2.75, 3.05) is 13.1 Å². The largest absolute Gasteiger partial charge is 0.478 e. The summed E-state index contributed by atoms with van der Waals surface area (Å²) in [5.74, 6) is -0.951. The predicted molar refractivity (Wildman–Crippen MR) is 106 cm³/mol. The van der Waals surface area contributed by atoms with Crippen LogP contribution in [0.2, 0.25) is 0 Å². The molecule has 150 valence electrons. The molecule has 1 amide bonds. The summed E-state index contributed by atoms with van der Waals surface area (Å²) in [5, 5.41) is 17.8. The van der Waals surface area contributed by atoms with E-state index in [-0.39, 0.29) is 17.5 Å². The van der Waals surface area contributed by atoms with Crippen molar-refractivity contribution in [2.24, 2.45) is 0 Å². The highest BCUT2D eigenvalue weighted by Gasteiger charge is 2.32. The van der Waals surface area contributed by atoms with Gasteiger partial charge in [0.15, 0.2) is 6.04 Å². The normalized spacial score (nSPS) is 16.0. The molecule has 4 rings (SSSR count). The number of carboxylic acid groups (broad SMARTS) is 1. The maximum absolute atomic E-state index is 13.4. The highest BCUT2D eigenvalue weighted by Crippen LogP contribution is 2.28. The lowest BCUT2D eigenvalue weighted by Gasteiger charge is -2.34. The van der Waals surface area contributed by atoms with Gasteiger partial charge in [0, 0.05) is 25.5 Å². The van der Waals surface area contributed by atoms with Crippen molar-refractivity contribution in [1.82, 2.24) is 24.5 Å². The van der Waals surface area contributed by atoms with Gasteiger partial charge in [-0.3, -0.25) is 14.2 Å². The number of aromatic carboxylic acids is 1. The van der Waals surface area contributed by atoms with Crippen LogP contribution in [-0.4, -0.2) is 54.5 Å². The van der Waals surface area contributed by atoms with E-state index in [1.54, 1.807) is 22.5 Å². The van der Waals surface area contributed by atoms with Crippen molar-refractivity contribution in [3.05, 3.63) is 71.8 Å². The molecule has 0 saturated carbocycles. The summed E-state index contributed by atoms with van der Waals surface area (Å²) in [7, 11) is 0. The van der Waals surface area contributed by atoms with Crippen molar-refractivity contribution < 1.29 is 14.7 Å². The average Bonchev–Trinajstić information content (AvgIpc) is 3.39. The number of piperidine rings is 1. The molecule has 0 spiro atoms. The Labute approximate surface area is 168 Å². The highest BCUT2D eigenvalue weighted by atomic mass is 16.4. The Hall–Kier alpha value is -3.42. The zero-order valence-corrected chi connectivity index (χ0v) is 16.2. The third-order valence-electron chi connectivity index (χ3n) is 5.54. The van der Waals surface area contributed by atoms with Gasteiger partial charge < -0.3 is 10.0 Å². The number of carbonyl (C=O) groups excluding carboxylic acids is 1. The molecule has 2 aromatic heterocycles. The molecule has 1 aliphatic heterocycles. The van der Waals surface area contributed by atoms with Crippen LogP contribution in [0.25, 0.3) is 0 Å². The summed E-state index contributed by atoms with van der Waals surface area (Å²) >= 11 is 0. The lowest BCUT2D eigenvalue weighted by molar-refractivity contribution is -0.135. The Morgan fingerprint density at radius 1 is 1.10 bits per heavy atom. The molecule has 1 fully saturated rings. The number of amides is 1. The van der Waals surface area contributed by atoms with Gasteiger partial charge in [0.1, 0.15) is 5.56 Å². The van der Waals surface area contributed by atoms with Crippen LogP contribution in [0, 0.1) is 6.92 Å². The van der Waals surface area contributed by atoms with Gasteiger partial charge in [-0.25, -0.2) is 4.79 Å². The second kappa shape index (κ2) is 7.90. The first kappa shape index (κ1) is 18.9. The van der Waals surface area contributed by atoms with Gasteiger partial charge in [0.2, 0.25) is 0 Å². The van der Waals surface area contributed by atoms with Crippen LogP contribution in [0.1, 0.15) is 46.5 Å². The van der Waals surface area contributed by atoms with Crippen LogP contribution in [0.15, 0.2) is 55.0 Å². The minimum atomic E-state index is -0.966. The first-order valence-corrected chi connectivity index (χ1v) is 9.66. The van der Waals surface area contributed by atoms with Crippen molar-refractivity contribution in [2.45, 2.75) is 31.8 Å². The molecule has 1 unspecified atom stereocenters. The monoisotopic (exact) mass is 393 g/mol. The molecule has 1 N–H and O–H groups in total. The molecular formula is C21H23N5O3. The molecule has 1 atom stereocenters. The molecule has 1 saturated heterocycles. The number of hydrogen-bond donors (Lipinski definition) is 1. The van der Waals surface area contributed by atoms with E-state index in [1.807, 2.05) is 47.5 Å². The SMILES string of the molecule is Cc1c(C(=O)O)cnn1C1CCN(C(=O)C(c2ccccc2)n2cccn2)CC1. The number of nitrogens with zero attached hydrogens (tertiary/aromatic N) is 5. The molecule has 0 aliphatic carbocycles. The Morgan fingerprint density at radius 2 is 1.83 bits per heavy atom. The number of benzene rings is 1. The fourth-order valence-electron chi connectivity index (χ4n) is 3.98. The van der Waals surface area contributed by atoms with E-state index in [4.69, 9.17) is 0 Å². The van der Waals surface area contributed by atoms with E-state index in [1.165, 1.54) is 6.20 Å². The van der Waals surface area contributed by atoms with Gasteiger partial charge in [-0.2, -0.15) is 10.2 Å². The molecule has 3 heterocycles. The van der Waals surface area contributed by atoms with E-state index < -0.39 is 12.0 Å². The van der Waals surface area contributed by atoms with E-state index >= 15 is 0 Å². The van der Waals surface area contributed by atoms with Crippen LogP contribution in [0.5, 0.6) is 0 Å². The first-order valence-electron chi connectivity index (χ1n) is 9.66. The topological polar surface area (TPSA) is 93.3 Å². The summed E-state index contributed by atoms with van der Waals surface area (Å²) in [5.41, 5.74) is 1.78. The Bertz CT molecular complexity index is 989. The van der Waals surface area contributed by atoms with E-state index in [2.05, 4.69) is 10.2 Å². The van der Waals surface area contributed by atoms with E-state index in [0.29, 0.717) is 18.8 Å². The number of carbonyl (C=O) groups is 2. The molecule has 29 heavy (non-hydrogen) atoms. The Morgan fingerprint density at radius 3 is 2.41 bits per heavy atom. The molecule has 1 aliphatic rings. The van der Waals surface area contributed by atoms with Crippen molar-refractivity contribution >= 4 is 11.9 Å². The standard InChI is InChI=1S/C21H23N5O3/c1-15-18(21(28)29)14-23-26(15)17-8-12-24(13-9-17)20(27)19(25-11-5-10-22-25)16-6-3-2-4-7-16/h2-7,10-11,14,17,19H,8-9,12-13H2,1H3,(H,28,29). The van der Waals surface area contributed by atoms with Gasteiger partial charge >= 0.3 is 5.97 Å². The summed E-state index contributed by atoms with van der Waals surface area (Å²) in [4.78, 5) is 26.5. The van der Waals surface area contributed by atoms with Gasteiger partial charge in [0.25, 0.3) is 5.91 Å². The van der Waals surface area contributed by atoms with Crippen molar-refractivity contribution in [1.29, 1.82) is 0 Å². The maximum Gasteiger partial charge on any atom is 0.339 e. The fourth-order valence-corrected chi connectivity index (χ4v) is 3.98. The van der Waals surface area contributed by atoms with E-state index in [0.717, 1.165) is 18.4 Å². The summed E-state index contributed by atoms with van der Waals surface area (Å²) in [6, 6.07) is 11.1. The second-order valence-corrected chi connectivity index (χ2v) is 7.25. The minimum absolute atomic E-state index is 0.0155. The number of carboxylic acids is 1. The zero-order chi connectivity index (χ0) is 20.4. The summed E-state index contributed by atoms with van der Waals surface area (Å²) in [6.07, 6.45) is 6.35. The average molecular weight is 393 g/mol. The van der Waals surface area contributed by atoms with E-state index in [9.17, 15) is 14.7 Å². The first-order chi connectivity index (χ1) is 14.1. The van der Waals surface area contributed by atoms with Gasteiger partial charge in [-0.15, -0.1) is 0 Å².